The van der Waals surface area contributed by atoms with Crippen LogP contribution >= 0.6 is 22.9 Å². The number of ether oxygens (including phenoxy) is 1. The summed E-state index contributed by atoms with van der Waals surface area (Å²) < 4.78 is 4.81. The lowest BCUT2D eigenvalue weighted by atomic mass is 10.2. The summed E-state index contributed by atoms with van der Waals surface area (Å²) >= 11 is 7.38. The lowest BCUT2D eigenvalue weighted by molar-refractivity contribution is -0.148. The number of anilines is 1. The third-order valence-electron chi connectivity index (χ3n) is 3.75. The Morgan fingerprint density at radius 1 is 1.10 bits per heavy atom. The second-order valence-electron chi connectivity index (χ2n) is 5.92. The Balaban J connectivity index is 1.61. The van der Waals surface area contributed by atoms with Crippen LogP contribution < -0.4 is 16.0 Å². The van der Waals surface area contributed by atoms with Crippen LogP contribution in [0.3, 0.4) is 0 Å². The summed E-state index contributed by atoms with van der Waals surface area (Å²) in [5, 5.41) is 11.6. The first-order valence-corrected chi connectivity index (χ1v) is 9.96. The molecule has 1 heterocycles. The SMILES string of the molecule is Cc1c(Cl)cccc1NC(=O)CNC(=O)COC(=O)CCNC(=O)c1ccsc1. The number of halogens is 1. The third kappa shape index (κ3) is 7.55. The second kappa shape index (κ2) is 11.2. The van der Waals surface area contributed by atoms with E-state index in [9.17, 15) is 19.2 Å². The van der Waals surface area contributed by atoms with Crippen molar-refractivity contribution >= 4 is 52.3 Å². The average molecular weight is 438 g/mol. The van der Waals surface area contributed by atoms with Gasteiger partial charge in [-0.2, -0.15) is 11.3 Å². The van der Waals surface area contributed by atoms with Crippen molar-refractivity contribution in [2.75, 3.05) is 25.0 Å². The van der Waals surface area contributed by atoms with E-state index in [0.29, 0.717) is 21.8 Å². The molecule has 0 saturated carbocycles. The first-order chi connectivity index (χ1) is 13.9. The molecule has 3 N–H and O–H groups in total. The largest absolute Gasteiger partial charge is 0.456 e. The maximum atomic E-state index is 11.9. The molecule has 10 heteroatoms. The van der Waals surface area contributed by atoms with E-state index >= 15 is 0 Å². The van der Waals surface area contributed by atoms with Gasteiger partial charge in [0, 0.05) is 28.2 Å². The van der Waals surface area contributed by atoms with Crippen LogP contribution in [0.15, 0.2) is 35.0 Å². The molecule has 2 aromatic rings. The van der Waals surface area contributed by atoms with E-state index in [0.717, 1.165) is 0 Å². The van der Waals surface area contributed by atoms with E-state index in [2.05, 4.69) is 16.0 Å². The number of nitrogens with one attached hydrogen (secondary N) is 3. The van der Waals surface area contributed by atoms with Gasteiger partial charge in [-0.1, -0.05) is 17.7 Å². The van der Waals surface area contributed by atoms with Crippen LogP contribution in [0.25, 0.3) is 0 Å². The minimum atomic E-state index is -0.634. The predicted octanol–water partition coefficient (Wildman–Crippen LogP) is 2.13. The van der Waals surface area contributed by atoms with Crippen molar-refractivity contribution in [1.82, 2.24) is 10.6 Å². The highest BCUT2D eigenvalue weighted by Crippen LogP contribution is 2.22. The standard InChI is InChI=1S/C19H20ClN3O5S/c1-12-14(20)3-2-4-15(12)23-16(24)9-22-17(25)10-28-18(26)5-7-21-19(27)13-6-8-29-11-13/h2-4,6,8,11H,5,7,9-10H2,1H3,(H,21,27)(H,22,25)(H,23,24). The number of hydrogen-bond donors (Lipinski definition) is 3. The molecule has 1 aromatic heterocycles. The number of hydrogen-bond acceptors (Lipinski definition) is 6. The van der Waals surface area contributed by atoms with Crippen molar-refractivity contribution < 1.29 is 23.9 Å². The van der Waals surface area contributed by atoms with Gasteiger partial charge in [0.15, 0.2) is 6.61 Å². The maximum Gasteiger partial charge on any atom is 0.308 e. The molecular formula is C19H20ClN3O5S. The van der Waals surface area contributed by atoms with Crippen LogP contribution in [-0.2, 0) is 19.1 Å². The van der Waals surface area contributed by atoms with E-state index in [1.807, 2.05) is 0 Å². The molecule has 0 radical (unpaired) electrons. The zero-order valence-electron chi connectivity index (χ0n) is 15.6. The Morgan fingerprint density at radius 3 is 2.62 bits per heavy atom. The quantitative estimate of drug-likeness (QED) is 0.520. The highest BCUT2D eigenvalue weighted by atomic mass is 35.5. The zero-order chi connectivity index (χ0) is 21.2. The van der Waals surface area contributed by atoms with Crippen LogP contribution in [0.2, 0.25) is 5.02 Å². The number of carbonyl (C=O) groups is 4. The van der Waals surface area contributed by atoms with Crippen LogP contribution in [0, 0.1) is 6.92 Å². The summed E-state index contributed by atoms with van der Waals surface area (Å²) in [5.41, 5.74) is 1.79. The summed E-state index contributed by atoms with van der Waals surface area (Å²) in [6, 6.07) is 6.77. The van der Waals surface area contributed by atoms with Crippen molar-refractivity contribution in [3.05, 3.63) is 51.2 Å². The van der Waals surface area contributed by atoms with E-state index < -0.39 is 24.4 Å². The summed E-state index contributed by atoms with van der Waals surface area (Å²) in [4.78, 5) is 46.9. The van der Waals surface area contributed by atoms with Crippen LogP contribution in [0.5, 0.6) is 0 Å². The van der Waals surface area contributed by atoms with Gasteiger partial charge in [0.1, 0.15) is 0 Å². The lowest BCUT2D eigenvalue weighted by Gasteiger charge is -2.10. The monoisotopic (exact) mass is 437 g/mol. The highest BCUT2D eigenvalue weighted by Gasteiger charge is 2.12. The lowest BCUT2D eigenvalue weighted by Crippen LogP contribution is -2.36. The Kier molecular flexibility index (Phi) is 8.63. The molecule has 0 aliphatic carbocycles. The summed E-state index contributed by atoms with van der Waals surface area (Å²) in [7, 11) is 0. The molecule has 3 amide bonds. The fraction of sp³-hybridized carbons (Fsp3) is 0.263. The van der Waals surface area contributed by atoms with Crippen molar-refractivity contribution in [2.45, 2.75) is 13.3 Å². The molecule has 0 atom stereocenters. The predicted molar refractivity (Wildman–Crippen MR) is 110 cm³/mol. The van der Waals surface area contributed by atoms with Crippen LogP contribution in [0.1, 0.15) is 22.3 Å². The molecule has 0 unspecified atom stereocenters. The Labute approximate surface area is 176 Å². The molecule has 0 bridgehead atoms. The molecular weight excluding hydrogens is 418 g/mol. The zero-order valence-corrected chi connectivity index (χ0v) is 17.2. The van der Waals surface area contributed by atoms with Crippen LogP contribution in [0.4, 0.5) is 5.69 Å². The first kappa shape index (κ1) is 22.4. The average Bonchev–Trinajstić information content (AvgIpc) is 3.23. The normalized spacial score (nSPS) is 10.1. The third-order valence-corrected chi connectivity index (χ3v) is 4.84. The number of rotatable bonds is 9. The summed E-state index contributed by atoms with van der Waals surface area (Å²) in [5.74, 6) is -1.97. The number of esters is 1. The van der Waals surface area contributed by atoms with Gasteiger partial charge >= 0.3 is 5.97 Å². The minimum absolute atomic E-state index is 0.0717. The summed E-state index contributed by atoms with van der Waals surface area (Å²) in [6.45, 7) is 1.06. The van der Waals surface area contributed by atoms with E-state index in [-0.39, 0.29) is 25.4 Å². The Morgan fingerprint density at radius 2 is 1.90 bits per heavy atom. The van der Waals surface area contributed by atoms with Gasteiger partial charge in [0.25, 0.3) is 11.8 Å². The van der Waals surface area contributed by atoms with Gasteiger partial charge < -0.3 is 20.7 Å². The molecule has 0 aliphatic rings. The first-order valence-electron chi connectivity index (χ1n) is 8.64. The molecule has 2 rings (SSSR count). The Hall–Kier alpha value is -2.91. The fourth-order valence-corrected chi connectivity index (χ4v) is 2.97. The van der Waals surface area contributed by atoms with Gasteiger partial charge in [0.2, 0.25) is 5.91 Å². The number of amides is 3. The summed E-state index contributed by atoms with van der Waals surface area (Å²) in [6.07, 6.45) is -0.0717. The van der Waals surface area contributed by atoms with Crippen LogP contribution in [-0.4, -0.2) is 43.4 Å². The van der Waals surface area contributed by atoms with Gasteiger partial charge in [-0.25, -0.2) is 0 Å². The van der Waals surface area contributed by atoms with Crippen molar-refractivity contribution in [1.29, 1.82) is 0 Å². The molecule has 0 fully saturated rings. The maximum absolute atomic E-state index is 11.9. The second-order valence-corrected chi connectivity index (χ2v) is 7.10. The van der Waals surface area contributed by atoms with E-state index in [1.165, 1.54) is 11.3 Å². The molecule has 1 aromatic carbocycles. The highest BCUT2D eigenvalue weighted by molar-refractivity contribution is 7.08. The van der Waals surface area contributed by atoms with Crippen molar-refractivity contribution in [2.24, 2.45) is 0 Å². The Bertz CT molecular complexity index is 886. The smallest absolute Gasteiger partial charge is 0.308 e. The van der Waals surface area contributed by atoms with Gasteiger partial charge in [-0.15, -0.1) is 0 Å². The minimum Gasteiger partial charge on any atom is -0.456 e. The molecule has 0 aliphatic heterocycles. The van der Waals surface area contributed by atoms with E-state index in [4.69, 9.17) is 16.3 Å². The molecule has 8 nitrogen and oxygen atoms in total. The number of thiophene rings is 1. The number of carbonyl (C=O) groups excluding carboxylic acids is 4. The number of benzene rings is 1. The van der Waals surface area contributed by atoms with Crippen molar-refractivity contribution in [3.8, 4) is 0 Å². The van der Waals surface area contributed by atoms with E-state index in [1.54, 1.807) is 41.9 Å². The molecule has 0 spiro atoms. The fourth-order valence-electron chi connectivity index (χ4n) is 2.16. The van der Waals surface area contributed by atoms with Crippen molar-refractivity contribution in [3.63, 3.8) is 0 Å². The molecule has 0 saturated heterocycles. The topological polar surface area (TPSA) is 114 Å². The molecule has 29 heavy (non-hydrogen) atoms. The van der Waals surface area contributed by atoms with Gasteiger partial charge in [-0.3, -0.25) is 19.2 Å². The van der Waals surface area contributed by atoms with Gasteiger partial charge in [-0.05, 0) is 36.1 Å². The molecule has 154 valence electrons. The van der Waals surface area contributed by atoms with Gasteiger partial charge in [0.05, 0.1) is 13.0 Å².